The molecular weight excluding hydrogens is 542 g/mol. The molecule has 2 aromatic carbocycles. The molecule has 1 aliphatic heterocycles. The Labute approximate surface area is 221 Å². The van der Waals surface area contributed by atoms with Crippen LogP contribution in [0.4, 0.5) is 11.4 Å². The van der Waals surface area contributed by atoms with Gasteiger partial charge in [0, 0.05) is 23.1 Å². The van der Waals surface area contributed by atoms with E-state index in [1.54, 1.807) is 4.90 Å². The molecule has 1 aliphatic rings. The number of morpholine rings is 1. The molecule has 9 nitrogen and oxygen atoms in total. The third-order valence-electron chi connectivity index (χ3n) is 4.78. The van der Waals surface area contributed by atoms with Crippen molar-refractivity contribution >= 4 is 81.7 Å². The zero-order valence-electron chi connectivity index (χ0n) is 18.1. The first-order chi connectivity index (χ1) is 16.7. The first kappa shape index (κ1) is 27.0. The van der Waals surface area contributed by atoms with Gasteiger partial charge in [-0.05, 0) is 36.4 Å². The molecule has 13 heteroatoms. The summed E-state index contributed by atoms with van der Waals surface area (Å²) in [5, 5.41) is 9.87. The molecular formula is C22H20Cl4N4O5. The fourth-order valence-electron chi connectivity index (χ4n) is 2.96. The van der Waals surface area contributed by atoms with Crippen molar-refractivity contribution in [1.29, 1.82) is 0 Å². The standard InChI is InChI=1S/C22H20Cl4N4O5/c23-13-1-3-18(16(25)9-13)28-21(32)15(22(33)29-19-4-2-14(24)10-17(19)26)11-27-35-12-20(31)30-5-7-34-8-6-30/h1-4,9-11,15H,5-8,12H2,(H,28,32)(H,29,33)/b27-11+. The number of benzene rings is 2. The van der Waals surface area contributed by atoms with Crippen LogP contribution in [0.1, 0.15) is 0 Å². The number of hydrogen-bond donors (Lipinski definition) is 2. The second-order valence-corrected chi connectivity index (χ2v) is 8.91. The molecule has 186 valence electrons. The molecule has 2 N–H and O–H groups in total. The molecule has 1 saturated heterocycles. The van der Waals surface area contributed by atoms with Gasteiger partial charge in [0.1, 0.15) is 0 Å². The minimum Gasteiger partial charge on any atom is -0.386 e. The van der Waals surface area contributed by atoms with E-state index in [0.717, 1.165) is 6.21 Å². The molecule has 3 amide bonds. The molecule has 1 heterocycles. The van der Waals surface area contributed by atoms with Gasteiger partial charge < -0.3 is 25.1 Å². The van der Waals surface area contributed by atoms with Gasteiger partial charge >= 0.3 is 0 Å². The van der Waals surface area contributed by atoms with Crippen LogP contribution < -0.4 is 10.6 Å². The van der Waals surface area contributed by atoms with Gasteiger partial charge in [0.05, 0.1) is 40.8 Å². The van der Waals surface area contributed by atoms with Gasteiger partial charge in [-0.15, -0.1) is 0 Å². The second-order valence-electron chi connectivity index (χ2n) is 7.23. The van der Waals surface area contributed by atoms with E-state index >= 15 is 0 Å². The van der Waals surface area contributed by atoms with E-state index in [9.17, 15) is 14.4 Å². The van der Waals surface area contributed by atoms with Crippen LogP contribution >= 0.6 is 46.4 Å². The van der Waals surface area contributed by atoms with E-state index in [-0.39, 0.29) is 33.9 Å². The molecule has 0 unspecified atom stereocenters. The molecule has 0 radical (unpaired) electrons. The van der Waals surface area contributed by atoms with Crippen molar-refractivity contribution in [3.8, 4) is 0 Å². The second kappa shape index (κ2) is 12.9. The van der Waals surface area contributed by atoms with Gasteiger partial charge in [-0.25, -0.2) is 0 Å². The van der Waals surface area contributed by atoms with Crippen LogP contribution in [0.3, 0.4) is 0 Å². The Morgan fingerprint density at radius 1 is 0.943 bits per heavy atom. The number of oxime groups is 1. The van der Waals surface area contributed by atoms with Crippen LogP contribution in [-0.4, -0.2) is 61.7 Å². The van der Waals surface area contributed by atoms with E-state index in [1.807, 2.05) is 0 Å². The summed E-state index contributed by atoms with van der Waals surface area (Å²) in [6.07, 6.45) is 0.977. The Balaban J connectivity index is 1.71. The van der Waals surface area contributed by atoms with Gasteiger partial charge in [-0.3, -0.25) is 14.4 Å². The number of amides is 3. The number of hydrogen-bond acceptors (Lipinski definition) is 6. The van der Waals surface area contributed by atoms with Crippen LogP contribution in [0.25, 0.3) is 0 Å². The van der Waals surface area contributed by atoms with Crippen molar-refractivity contribution in [1.82, 2.24) is 4.90 Å². The molecule has 0 aliphatic carbocycles. The fourth-order valence-corrected chi connectivity index (χ4v) is 3.87. The quantitative estimate of drug-likeness (QED) is 0.283. The van der Waals surface area contributed by atoms with Crippen molar-refractivity contribution in [2.45, 2.75) is 0 Å². The van der Waals surface area contributed by atoms with E-state index in [1.165, 1.54) is 36.4 Å². The van der Waals surface area contributed by atoms with Gasteiger partial charge in [-0.1, -0.05) is 51.6 Å². The zero-order valence-corrected chi connectivity index (χ0v) is 21.1. The fraction of sp³-hybridized carbons (Fsp3) is 0.273. The van der Waals surface area contributed by atoms with Crippen molar-refractivity contribution in [3.05, 3.63) is 56.5 Å². The van der Waals surface area contributed by atoms with Gasteiger partial charge in [0.2, 0.25) is 11.8 Å². The van der Waals surface area contributed by atoms with Crippen molar-refractivity contribution in [3.63, 3.8) is 0 Å². The van der Waals surface area contributed by atoms with E-state index in [4.69, 9.17) is 56.0 Å². The molecule has 2 aromatic rings. The van der Waals surface area contributed by atoms with Crippen LogP contribution in [-0.2, 0) is 24.0 Å². The van der Waals surface area contributed by atoms with Crippen LogP contribution in [0, 0.1) is 5.92 Å². The number of nitrogens with zero attached hydrogens (tertiary/aromatic N) is 2. The van der Waals surface area contributed by atoms with Crippen LogP contribution in [0.2, 0.25) is 20.1 Å². The number of anilines is 2. The number of carbonyl (C=O) groups is 3. The van der Waals surface area contributed by atoms with Crippen LogP contribution in [0.15, 0.2) is 41.6 Å². The topological polar surface area (TPSA) is 109 Å². The van der Waals surface area contributed by atoms with Crippen molar-refractivity contribution < 1.29 is 24.0 Å². The lowest BCUT2D eigenvalue weighted by Gasteiger charge is -2.26. The Bertz CT molecular complexity index is 1060. The summed E-state index contributed by atoms with van der Waals surface area (Å²) in [7, 11) is 0. The predicted octanol–water partition coefficient (Wildman–Crippen LogP) is 4.35. The molecule has 35 heavy (non-hydrogen) atoms. The summed E-state index contributed by atoms with van der Waals surface area (Å²) in [5.74, 6) is -3.28. The average Bonchev–Trinajstić information content (AvgIpc) is 2.83. The lowest BCUT2D eigenvalue weighted by Crippen LogP contribution is -2.42. The summed E-state index contributed by atoms with van der Waals surface area (Å²) >= 11 is 24.0. The predicted molar refractivity (Wildman–Crippen MR) is 136 cm³/mol. The highest BCUT2D eigenvalue weighted by Crippen LogP contribution is 2.27. The van der Waals surface area contributed by atoms with E-state index < -0.39 is 17.7 Å². The molecule has 0 saturated carbocycles. The smallest absolute Gasteiger partial charge is 0.263 e. The third kappa shape index (κ3) is 7.98. The number of carbonyl (C=O) groups excluding carboxylic acids is 3. The van der Waals surface area contributed by atoms with Gasteiger partial charge in [-0.2, -0.15) is 0 Å². The summed E-state index contributed by atoms with van der Waals surface area (Å²) in [6, 6.07) is 8.91. The molecule has 0 bridgehead atoms. The highest BCUT2D eigenvalue weighted by molar-refractivity contribution is 6.38. The summed E-state index contributed by atoms with van der Waals surface area (Å²) in [5.41, 5.74) is 0.473. The third-order valence-corrected chi connectivity index (χ3v) is 5.87. The summed E-state index contributed by atoms with van der Waals surface area (Å²) in [4.78, 5) is 44.7. The average molecular weight is 562 g/mol. The molecule has 0 aromatic heterocycles. The molecule has 1 fully saturated rings. The minimum atomic E-state index is -1.47. The number of ether oxygens (including phenoxy) is 1. The Morgan fingerprint density at radius 3 is 1.94 bits per heavy atom. The minimum absolute atomic E-state index is 0.176. The summed E-state index contributed by atoms with van der Waals surface area (Å²) < 4.78 is 5.20. The highest BCUT2D eigenvalue weighted by Gasteiger charge is 2.27. The maximum absolute atomic E-state index is 12.9. The normalized spacial score (nSPS) is 13.7. The SMILES string of the molecule is O=C(Nc1ccc(Cl)cc1Cl)C(/C=N/OCC(=O)N1CCOCC1)C(=O)Nc1ccc(Cl)cc1Cl. The number of rotatable bonds is 8. The lowest BCUT2D eigenvalue weighted by molar-refractivity contribution is -0.140. The number of nitrogens with one attached hydrogen (secondary N) is 2. The van der Waals surface area contributed by atoms with E-state index in [2.05, 4.69) is 15.8 Å². The Hall–Kier alpha value is -2.56. The van der Waals surface area contributed by atoms with E-state index in [0.29, 0.717) is 36.3 Å². The Kier molecular flexibility index (Phi) is 10.00. The van der Waals surface area contributed by atoms with Gasteiger partial charge in [0.25, 0.3) is 5.91 Å². The first-order valence-electron chi connectivity index (χ1n) is 10.3. The summed E-state index contributed by atoms with van der Waals surface area (Å²) in [6.45, 7) is 1.42. The monoisotopic (exact) mass is 560 g/mol. The van der Waals surface area contributed by atoms with Gasteiger partial charge in [0.15, 0.2) is 12.5 Å². The van der Waals surface area contributed by atoms with Crippen molar-refractivity contribution in [2.75, 3.05) is 43.5 Å². The largest absolute Gasteiger partial charge is 0.386 e. The molecule has 0 spiro atoms. The maximum Gasteiger partial charge on any atom is 0.263 e. The first-order valence-corrected chi connectivity index (χ1v) is 11.8. The molecule has 0 atom stereocenters. The van der Waals surface area contributed by atoms with Crippen LogP contribution in [0.5, 0.6) is 0 Å². The maximum atomic E-state index is 12.9. The number of halogens is 4. The molecule has 3 rings (SSSR count). The van der Waals surface area contributed by atoms with Crippen molar-refractivity contribution in [2.24, 2.45) is 11.1 Å². The Morgan fingerprint density at radius 2 is 1.46 bits per heavy atom. The zero-order chi connectivity index (χ0) is 25.4. The lowest BCUT2D eigenvalue weighted by atomic mass is 10.1. The highest BCUT2D eigenvalue weighted by atomic mass is 35.5.